The van der Waals surface area contributed by atoms with Gasteiger partial charge in [-0.1, -0.05) is 18.2 Å². The molecule has 0 bridgehead atoms. The molecular formula is C80H90N20O10. The highest BCUT2D eigenvalue weighted by Crippen LogP contribution is 2.37. The van der Waals surface area contributed by atoms with Crippen molar-refractivity contribution < 1.29 is 47.5 Å². The van der Waals surface area contributed by atoms with E-state index in [0.717, 1.165) is 206 Å². The monoisotopic (exact) mass is 1490 g/mol. The van der Waals surface area contributed by atoms with Gasteiger partial charge in [-0.15, -0.1) is 0 Å². The van der Waals surface area contributed by atoms with Gasteiger partial charge in [-0.2, -0.15) is 0 Å². The average Bonchev–Trinajstić information content (AvgIpc) is 1.60. The van der Waals surface area contributed by atoms with E-state index in [1.54, 1.807) is 38.6 Å². The van der Waals surface area contributed by atoms with Crippen molar-refractivity contribution in [3.05, 3.63) is 170 Å². The van der Waals surface area contributed by atoms with Crippen molar-refractivity contribution >= 4 is 69.2 Å². The van der Waals surface area contributed by atoms with Crippen molar-refractivity contribution in [3.63, 3.8) is 0 Å². The molecule has 570 valence electrons. The molecule has 3 aliphatic heterocycles. The smallest absolute Gasteiger partial charge is 0.413 e. The zero-order valence-electron chi connectivity index (χ0n) is 62.3. The third-order valence-electron chi connectivity index (χ3n) is 18.1. The van der Waals surface area contributed by atoms with Gasteiger partial charge >= 0.3 is 18.2 Å². The molecule has 15 rings (SSSR count). The fourth-order valence-corrected chi connectivity index (χ4v) is 12.7. The minimum Gasteiger partial charge on any atom is -0.476 e. The number of carbonyl (C=O) groups excluding carboxylic acids is 3. The molecule has 3 aliphatic rings. The largest absolute Gasteiger partial charge is 0.476 e. The van der Waals surface area contributed by atoms with Gasteiger partial charge in [-0.25, -0.2) is 39.3 Å². The zero-order valence-corrected chi connectivity index (χ0v) is 62.3. The standard InChI is InChI=1S/C28H33N7O3.C26H29N7O3.C26H28N6O4/c1-4-38-28(36)33-27-31-25-15-21(20-5-6-22(30-16-20)18-35-9-11-37-12-10-35)14-23(26(25)32-27)24-13-19(7-8-29-24)17-34(2)3;1-2-27-26(34)32-25-30-22-16-19(15-20(24(22)31-25)21-5-3-4-8-28-21)18-6-7-23(29-17-18)36-14-11-33-9-12-35-13-10-33;1-2-35-26(33)31-25-29-22-16-19(15-20(24(22)30-25)21-5-3-4-8-27-21)18-6-7-23(28-17-18)36-14-11-32-9-12-34-13-10-32/h5-8,13-16H,4,9-12,17-18H2,1-3H3,(H2,31,32,33,36);3-8,15-17H,2,9-14H2,1H3,(H3,27,30,31,32,34);3-8,15-17H,2,9-14H2,1H3,(H2,29,30,31,33). The Morgan fingerprint density at radius 1 is 0.464 bits per heavy atom. The maximum Gasteiger partial charge on any atom is 0.413 e. The van der Waals surface area contributed by atoms with Gasteiger partial charge in [-0.05, 0) is 148 Å². The first-order valence-electron chi connectivity index (χ1n) is 36.9. The lowest BCUT2D eigenvalue weighted by Gasteiger charge is -2.26. The third kappa shape index (κ3) is 20.7. The van der Waals surface area contributed by atoms with Gasteiger partial charge in [-0.3, -0.25) is 50.6 Å². The molecule has 3 saturated heterocycles. The molecule has 3 aromatic carbocycles. The van der Waals surface area contributed by atoms with Crippen LogP contribution in [0.15, 0.2) is 159 Å². The van der Waals surface area contributed by atoms with Gasteiger partial charge in [0.15, 0.2) is 0 Å². The summed E-state index contributed by atoms with van der Waals surface area (Å²) in [5, 5.41) is 10.8. The highest BCUT2D eigenvalue weighted by Gasteiger charge is 2.22. The molecular weight excluding hydrogens is 1400 g/mol. The molecule has 0 spiro atoms. The van der Waals surface area contributed by atoms with Crippen LogP contribution in [0.25, 0.3) is 100 Å². The number of pyridine rings is 6. The summed E-state index contributed by atoms with van der Waals surface area (Å²) >= 11 is 0. The molecule has 30 nitrogen and oxygen atoms in total. The highest BCUT2D eigenvalue weighted by atomic mass is 16.6. The van der Waals surface area contributed by atoms with Gasteiger partial charge in [0.25, 0.3) is 0 Å². The molecule has 3 fully saturated rings. The van der Waals surface area contributed by atoms with Crippen molar-refractivity contribution in [1.29, 1.82) is 0 Å². The first-order chi connectivity index (χ1) is 53.9. The van der Waals surface area contributed by atoms with Gasteiger partial charge in [0.2, 0.25) is 29.6 Å². The Morgan fingerprint density at radius 3 is 1.31 bits per heavy atom. The first kappa shape index (κ1) is 76.3. The second kappa shape index (κ2) is 37.8. The molecule has 30 heteroatoms. The van der Waals surface area contributed by atoms with E-state index in [2.05, 4.69) is 120 Å². The van der Waals surface area contributed by atoms with Crippen LogP contribution in [0.4, 0.5) is 32.2 Å². The maximum atomic E-state index is 12.0. The summed E-state index contributed by atoms with van der Waals surface area (Å²) in [6, 6.07) is 39.3. The molecule has 4 amide bonds. The molecule has 0 aliphatic carbocycles. The van der Waals surface area contributed by atoms with Crippen molar-refractivity contribution in [2.24, 2.45) is 0 Å². The fraction of sp³-hybridized carbons (Fsp3) is 0.325. The first-order valence-corrected chi connectivity index (χ1v) is 36.9. The fourth-order valence-electron chi connectivity index (χ4n) is 12.7. The summed E-state index contributed by atoms with van der Waals surface area (Å²) in [5.74, 6) is 2.17. The molecule has 9 aromatic heterocycles. The molecule has 0 radical (unpaired) electrons. The number of amides is 4. The van der Waals surface area contributed by atoms with E-state index in [1.807, 2.05) is 130 Å². The van der Waals surface area contributed by atoms with Gasteiger partial charge < -0.3 is 58.3 Å². The number of fused-ring (bicyclic) bond motifs is 3. The second-order valence-electron chi connectivity index (χ2n) is 26.2. The number of hydrogen-bond donors (Lipinski definition) is 7. The lowest BCUT2D eigenvalue weighted by molar-refractivity contribution is 0.0319. The molecule has 7 N–H and O–H groups in total. The van der Waals surface area contributed by atoms with E-state index in [4.69, 9.17) is 38.1 Å². The van der Waals surface area contributed by atoms with E-state index in [9.17, 15) is 14.4 Å². The van der Waals surface area contributed by atoms with Crippen LogP contribution in [0.5, 0.6) is 11.8 Å². The van der Waals surface area contributed by atoms with Crippen LogP contribution in [-0.2, 0) is 36.8 Å². The predicted octanol–water partition coefficient (Wildman–Crippen LogP) is 11.7. The van der Waals surface area contributed by atoms with E-state index >= 15 is 0 Å². The number of anilines is 3. The third-order valence-corrected chi connectivity index (χ3v) is 18.1. The van der Waals surface area contributed by atoms with Gasteiger partial charge in [0, 0.05) is 155 Å². The molecule has 0 atom stereocenters. The van der Waals surface area contributed by atoms with E-state index in [1.165, 1.54) is 0 Å². The molecule has 12 heterocycles. The highest BCUT2D eigenvalue weighted by molar-refractivity contribution is 6.00. The number of carbonyl (C=O) groups is 3. The number of nitrogens with zero attached hydrogens (tertiary/aromatic N) is 13. The molecule has 0 unspecified atom stereocenters. The van der Waals surface area contributed by atoms with Crippen molar-refractivity contribution in [2.45, 2.75) is 33.9 Å². The number of nitrogens with one attached hydrogen (secondary N) is 7. The lowest BCUT2D eigenvalue weighted by Crippen LogP contribution is -2.38. The number of H-pyrrole nitrogens is 3. The Hall–Kier alpha value is -11.9. The van der Waals surface area contributed by atoms with E-state index in [0.29, 0.717) is 60.4 Å². The minimum absolute atomic E-state index is 0.273. The summed E-state index contributed by atoms with van der Waals surface area (Å²) in [6.07, 6.45) is 9.69. The normalized spacial score (nSPS) is 14.1. The second-order valence-corrected chi connectivity index (χ2v) is 26.2. The number of rotatable bonds is 24. The molecule has 110 heavy (non-hydrogen) atoms. The van der Waals surface area contributed by atoms with Gasteiger partial charge in [0.05, 0.1) is 109 Å². The number of aromatic amines is 3. The quantitative estimate of drug-likeness (QED) is 0.0295. The van der Waals surface area contributed by atoms with Crippen LogP contribution in [0.2, 0.25) is 0 Å². The Kier molecular flexibility index (Phi) is 26.2. The van der Waals surface area contributed by atoms with Crippen molar-refractivity contribution in [3.8, 4) is 78.9 Å². The Balaban J connectivity index is 0.000000145. The van der Waals surface area contributed by atoms with Crippen molar-refractivity contribution in [1.82, 2.24) is 84.7 Å². The summed E-state index contributed by atoms with van der Waals surface area (Å²) in [4.78, 5) is 95.9. The number of urea groups is 1. The number of aromatic nitrogens is 12. The number of imidazole rings is 3. The average molecular weight is 1490 g/mol. The van der Waals surface area contributed by atoms with Crippen LogP contribution in [-0.4, -0.2) is 237 Å². The van der Waals surface area contributed by atoms with Crippen LogP contribution >= 0.6 is 0 Å². The van der Waals surface area contributed by atoms with Crippen LogP contribution in [0.3, 0.4) is 0 Å². The van der Waals surface area contributed by atoms with Crippen molar-refractivity contribution in [2.75, 3.05) is 155 Å². The number of hydrogen-bond acceptors (Lipinski definition) is 23. The van der Waals surface area contributed by atoms with E-state index in [-0.39, 0.29) is 19.2 Å². The number of ether oxygens (including phenoxy) is 7. The van der Waals surface area contributed by atoms with Gasteiger partial charge in [0.1, 0.15) is 13.2 Å². The topological polar surface area (TPSA) is 340 Å². The van der Waals surface area contributed by atoms with E-state index < -0.39 is 12.2 Å². The Bertz CT molecular complexity index is 4790. The number of morpholine rings is 3. The molecule has 12 aromatic rings. The summed E-state index contributed by atoms with van der Waals surface area (Å²) < 4.78 is 37.9. The zero-order chi connectivity index (χ0) is 76.0. The van der Waals surface area contributed by atoms with Crippen LogP contribution in [0.1, 0.15) is 32.0 Å². The maximum absolute atomic E-state index is 12.0. The Labute approximate surface area is 636 Å². The van der Waals surface area contributed by atoms with Crippen LogP contribution in [0, 0.1) is 0 Å². The minimum atomic E-state index is -0.565. The summed E-state index contributed by atoms with van der Waals surface area (Å²) in [5.41, 5.74) is 17.2. The predicted molar refractivity (Wildman–Crippen MR) is 421 cm³/mol. The summed E-state index contributed by atoms with van der Waals surface area (Å²) in [7, 11) is 4.07. The molecule has 0 saturated carbocycles. The van der Waals surface area contributed by atoms with Crippen LogP contribution < -0.4 is 30.7 Å². The lowest BCUT2D eigenvalue weighted by atomic mass is 10.00. The summed E-state index contributed by atoms with van der Waals surface area (Å²) in [6.45, 7) is 21.1. The number of benzene rings is 3. The SMILES string of the molecule is CCNC(=O)Nc1nc2c(-c3ccccn3)cc(-c3ccc(OCCN4CCOCC4)nc3)cc2[nH]1.CCOC(=O)Nc1nc2c(-c3cc(CN(C)C)ccn3)cc(-c3ccc(CN4CCOCC4)nc3)cc2[nH]1.CCOC(=O)Nc1nc2c(-c3ccccn3)cc(-c3ccc(OCCN4CCOCC4)nc3)cc2[nH]1. The Morgan fingerprint density at radius 2 is 0.900 bits per heavy atom.